The maximum absolute atomic E-state index is 13.3. The fourth-order valence-corrected chi connectivity index (χ4v) is 13.7. The molecule has 2 unspecified atom stereocenters. The van der Waals surface area contributed by atoms with Gasteiger partial charge in [0.05, 0.1) is 32.8 Å². The zero-order valence-corrected chi connectivity index (χ0v) is 41.7. The van der Waals surface area contributed by atoms with E-state index in [2.05, 4.69) is 32.1 Å². The van der Waals surface area contributed by atoms with E-state index in [4.69, 9.17) is 33.2 Å². The highest BCUT2D eigenvalue weighted by Gasteiger charge is 2.49. The lowest BCUT2D eigenvalue weighted by Gasteiger charge is -2.38. The van der Waals surface area contributed by atoms with Crippen molar-refractivity contribution in [2.75, 3.05) is 57.5 Å². The lowest BCUT2D eigenvalue weighted by molar-refractivity contribution is -0.140. The Morgan fingerprint density at radius 3 is 2.00 bits per heavy atom. The van der Waals surface area contributed by atoms with E-state index in [-0.39, 0.29) is 30.2 Å². The van der Waals surface area contributed by atoms with E-state index in [1.807, 2.05) is 115 Å². The van der Waals surface area contributed by atoms with Gasteiger partial charge in [-0.25, -0.2) is 15.0 Å². The van der Waals surface area contributed by atoms with E-state index in [9.17, 15) is 9.59 Å². The summed E-state index contributed by atoms with van der Waals surface area (Å²) in [4.78, 5) is 40.0. The summed E-state index contributed by atoms with van der Waals surface area (Å²) in [5, 5.41) is 2.98. The van der Waals surface area contributed by atoms with Crippen LogP contribution < -0.4 is 14.8 Å². The second kappa shape index (κ2) is 23.0. The maximum atomic E-state index is 13.3. The summed E-state index contributed by atoms with van der Waals surface area (Å²) < 4.78 is 43.4. The first kappa shape index (κ1) is 49.3. The number of hydrogen-bond donors (Lipinski definition) is 1. The molecule has 0 saturated carbocycles. The van der Waals surface area contributed by atoms with E-state index in [1.54, 1.807) is 56.2 Å². The maximum Gasteiger partial charge on any atom is 0.256 e. The van der Waals surface area contributed by atoms with Crippen molar-refractivity contribution in [3.05, 3.63) is 180 Å². The number of imidazole rings is 1. The molecular weight excluding hydrogens is 944 g/mol. The third kappa shape index (κ3) is 11.3. The summed E-state index contributed by atoms with van der Waals surface area (Å²) in [6.07, 6.45) is 4.36. The van der Waals surface area contributed by atoms with Crippen LogP contribution in [0, 0.1) is 0 Å². The van der Waals surface area contributed by atoms with Gasteiger partial charge in [-0.2, -0.15) is 0 Å². The van der Waals surface area contributed by atoms with Gasteiger partial charge in [-0.1, -0.05) is 126 Å². The molecule has 4 atom stereocenters. The van der Waals surface area contributed by atoms with Gasteiger partial charge in [0.2, 0.25) is 5.12 Å². The number of carbonyl (C=O) groups excluding carboxylic acids is 2. The van der Waals surface area contributed by atoms with Crippen molar-refractivity contribution in [1.82, 2.24) is 24.2 Å². The second-order valence-electron chi connectivity index (χ2n) is 17.0. The molecule has 0 bridgehead atoms. The average Bonchev–Trinajstić information content (AvgIpc) is 4.19. The van der Waals surface area contributed by atoms with Crippen LogP contribution in [0.3, 0.4) is 0 Å². The molecule has 0 radical (unpaired) electrons. The van der Waals surface area contributed by atoms with E-state index < -0.39 is 31.0 Å². The summed E-state index contributed by atoms with van der Waals surface area (Å²) in [7, 11) is 2.22. The molecule has 1 amide bonds. The van der Waals surface area contributed by atoms with Gasteiger partial charge in [0, 0.05) is 42.1 Å². The van der Waals surface area contributed by atoms with Gasteiger partial charge in [-0.3, -0.25) is 18.8 Å². The van der Waals surface area contributed by atoms with Crippen molar-refractivity contribution in [3.63, 3.8) is 0 Å². The Balaban J connectivity index is 1.00. The van der Waals surface area contributed by atoms with Crippen molar-refractivity contribution in [3.8, 4) is 11.5 Å². The number of methoxy groups -OCH3 is 2. The Bertz CT molecular complexity index is 2760. The highest BCUT2D eigenvalue weighted by molar-refractivity contribution is 8.53. The largest absolute Gasteiger partial charge is 0.497 e. The van der Waals surface area contributed by atoms with Gasteiger partial charge in [-0.15, -0.1) is 0 Å². The third-order valence-electron chi connectivity index (χ3n) is 12.3. The molecule has 2 aliphatic rings. The molecule has 14 nitrogen and oxygen atoms in total. The number of anilines is 1. The number of hydrogen-bond acceptors (Lipinski definition) is 14. The summed E-state index contributed by atoms with van der Waals surface area (Å²) in [5.74, 6) is 2.79. The Morgan fingerprint density at radius 1 is 0.771 bits per heavy atom. The summed E-state index contributed by atoms with van der Waals surface area (Å²) in [5.41, 5.74) is 2.71. The van der Waals surface area contributed by atoms with Crippen LogP contribution in [0.5, 0.6) is 11.5 Å². The molecular formula is C53H55N6O8PS2. The van der Waals surface area contributed by atoms with Crippen LogP contribution in [0.4, 0.5) is 5.82 Å². The van der Waals surface area contributed by atoms with Crippen molar-refractivity contribution < 1.29 is 37.8 Å². The Hall–Kier alpha value is -5.68. The van der Waals surface area contributed by atoms with Crippen LogP contribution in [-0.4, -0.2) is 99.1 Å². The smallest absolute Gasteiger partial charge is 0.256 e. The fraction of sp³-hybridized carbons (Fsp3) is 0.302. The minimum atomic E-state index is -1.10. The van der Waals surface area contributed by atoms with Gasteiger partial charge in [0.1, 0.15) is 29.5 Å². The Morgan fingerprint density at radius 2 is 1.37 bits per heavy atom. The number of ether oxygens (including phenoxy) is 5. The van der Waals surface area contributed by atoms with Gasteiger partial charge in [0.25, 0.3) is 5.91 Å². The summed E-state index contributed by atoms with van der Waals surface area (Å²) in [6, 6.07) is 44.3. The minimum Gasteiger partial charge on any atom is -0.497 e. The molecule has 2 saturated heterocycles. The highest BCUT2D eigenvalue weighted by atomic mass is 32.7. The first-order valence-corrected chi connectivity index (χ1v) is 26.9. The third-order valence-corrected chi connectivity index (χ3v) is 17.5. The zero-order valence-electron chi connectivity index (χ0n) is 39.2. The van der Waals surface area contributed by atoms with Gasteiger partial charge in [0.15, 0.2) is 37.5 Å². The van der Waals surface area contributed by atoms with Crippen LogP contribution >= 0.6 is 30.6 Å². The molecule has 5 aromatic carbocycles. The first-order chi connectivity index (χ1) is 34.3. The van der Waals surface area contributed by atoms with Crippen molar-refractivity contribution in [1.29, 1.82) is 0 Å². The normalized spacial score (nSPS) is 18.7. The van der Waals surface area contributed by atoms with Crippen LogP contribution in [0.15, 0.2) is 152 Å². The number of nitrogens with one attached hydrogen (secondary N) is 1. The number of amides is 1. The molecule has 70 heavy (non-hydrogen) atoms. The second-order valence-corrected chi connectivity index (χ2v) is 21.8. The molecule has 7 aromatic rings. The molecule has 1 N–H and O–H groups in total. The lowest BCUT2D eigenvalue weighted by atomic mass is 9.79. The molecule has 4 heterocycles. The molecule has 0 aliphatic carbocycles. The Kier molecular flexibility index (Phi) is 16.2. The predicted molar refractivity (Wildman–Crippen MR) is 275 cm³/mol. The minimum absolute atomic E-state index is 0.00158. The quantitative estimate of drug-likeness (QED) is 0.0315. The molecule has 17 heteroatoms. The molecule has 2 aliphatic heterocycles. The molecule has 2 fully saturated rings. The van der Waals surface area contributed by atoms with Crippen molar-refractivity contribution in [2.24, 2.45) is 0 Å². The highest BCUT2D eigenvalue weighted by Crippen LogP contribution is 2.56. The number of thioether (sulfide) groups is 1. The summed E-state index contributed by atoms with van der Waals surface area (Å²) >= 11 is 3.06. The van der Waals surface area contributed by atoms with Gasteiger partial charge >= 0.3 is 0 Å². The van der Waals surface area contributed by atoms with E-state index in [1.165, 1.54) is 18.1 Å². The lowest BCUT2D eigenvalue weighted by Crippen LogP contribution is -2.40. The zero-order chi connectivity index (χ0) is 48.3. The Labute approximate surface area is 417 Å². The molecule has 9 rings (SSSR count). The van der Waals surface area contributed by atoms with E-state index >= 15 is 0 Å². The fourth-order valence-electron chi connectivity index (χ4n) is 8.78. The van der Waals surface area contributed by atoms with Crippen LogP contribution in [0.2, 0.25) is 0 Å². The van der Waals surface area contributed by atoms with Gasteiger partial charge < -0.3 is 33.5 Å². The van der Waals surface area contributed by atoms with E-state index in [0.717, 1.165) is 59.9 Å². The van der Waals surface area contributed by atoms with E-state index in [0.29, 0.717) is 34.5 Å². The standard InChI is InChI=1S/C53H55N6O8PS2/c1-52(34-65-53(40-19-11-6-12-20-40,41-21-25-43(62-2)26-22-41)42-23-27-44(63-3)28-24-42)33-45(64-37-66-68(58-29-13-14-30-58)70-32-31-69-51(61)39-17-9-5-10-18-39)50(67-52)59-36-56-46-47(54-35-55-48(46)59)57-49(60)38-15-7-4-8-16-38/h4-12,15-28,35-36,45,50H,13-14,29-34,37H2,1-3H3,(H,54,55,57,60)/t45-,50-,52?,68?/m1/s1. The number of nitrogens with zero attached hydrogens (tertiary/aromatic N) is 5. The molecule has 362 valence electrons. The number of carbonyl (C=O) groups is 2. The van der Waals surface area contributed by atoms with Crippen LogP contribution in [0.25, 0.3) is 11.2 Å². The molecule has 0 spiro atoms. The van der Waals surface area contributed by atoms with Gasteiger partial charge in [-0.05, 0) is 72.9 Å². The number of fused-ring (bicyclic) bond motifs is 1. The average molecular weight is 999 g/mol. The van der Waals surface area contributed by atoms with Crippen LogP contribution in [-0.2, 0) is 24.3 Å². The van der Waals surface area contributed by atoms with Crippen LogP contribution in [0.1, 0.15) is 69.8 Å². The van der Waals surface area contributed by atoms with Crippen molar-refractivity contribution >= 4 is 58.6 Å². The van der Waals surface area contributed by atoms with Crippen molar-refractivity contribution in [2.45, 2.75) is 49.7 Å². The predicted octanol–water partition coefficient (Wildman–Crippen LogP) is 10.8. The number of aromatic nitrogens is 4. The summed E-state index contributed by atoms with van der Waals surface area (Å²) in [6.45, 7) is 4.04. The number of benzene rings is 5. The topological polar surface area (TPSA) is 148 Å². The number of rotatable bonds is 21. The monoisotopic (exact) mass is 998 g/mol. The molecule has 2 aromatic heterocycles. The SMILES string of the molecule is COc1ccc(C(OCC2(C)C[C@@H](OCOP(SCCSC(=O)c3ccccc3)N3CCCC3)[C@H](n3cnc4c(NC(=O)c5ccccc5)ncnc43)O2)(c2ccccc2)c2ccc(OC)cc2)cc1. The first-order valence-electron chi connectivity index (χ1n) is 23.1.